The van der Waals surface area contributed by atoms with Gasteiger partial charge in [0.25, 0.3) is 0 Å². The Morgan fingerprint density at radius 1 is 1.31 bits per heavy atom. The Labute approximate surface area is 87.8 Å². The van der Waals surface area contributed by atoms with E-state index in [1.807, 2.05) is 7.05 Å². The van der Waals surface area contributed by atoms with Gasteiger partial charge in [-0.2, -0.15) is 0 Å². The Hall–Kier alpha value is -0.440. The molecule has 0 fully saturated rings. The monoisotopic (exact) mass is 219 g/mol. The molecule has 0 atom stereocenters. The van der Waals surface area contributed by atoms with Crippen LogP contribution in [0.5, 0.6) is 5.75 Å². The van der Waals surface area contributed by atoms with Gasteiger partial charge in [0.15, 0.2) is 5.75 Å². The number of rotatable bonds is 4. The lowest BCUT2D eigenvalue weighted by molar-refractivity contribution is 0.319. The van der Waals surface area contributed by atoms with Gasteiger partial charge in [-0.15, -0.1) is 0 Å². The van der Waals surface area contributed by atoms with Crippen LogP contribution in [0.4, 0.5) is 0 Å². The number of hydrogen-bond donors (Lipinski definition) is 1. The van der Waals surface area contributed by atoms with E-state index in [-0.39, 0.29) is 0 Å². The minimum Gasteiger partial charge on any atom is -0.489 e. The molecule has 0 heterocycles. The molecular formula is C9H11Cl2NO. The van der Waals surface area contributed by atoms with Crippen molar-refractivity contribution in [3.8, 4) is 5.75 Å². The first-order valence-electron chi connectivity index (χ1n) is 3.97. The lowest BCUT2D eigenvalue weighted by Crippen LogP contribution is -2.16. The number of halogens is 2. The van der Waals surface area contributed by atoms with Gasteiger partial charge in [0, 0.05) is 6.54 Å². The van der Waals surface area contributed by atoms with Crippen LogP contribution in [0.25, 0.3) is 0 Å². The van der Waals surface area contributed by atoms with E-state index in [0.717, 1.165) is 6.54 Å². The van der Waals surface area contributed by atoms with Crippen LogP contribution in [0, 0.1) is 0 Å². The van der Waals surface area contributed by atoms with Gasteiger partial charge in [-0.25, -0.2) is 0 Å². The number of likely N-dealkylation sites (N-methyl/N-ethyl adjacent to an activating group) is 1. The van der Waals surface area contributed by atoms with Crippen molar-refractivity contribution in [2.24, 2.45) is 0 Å². The van der Waals surface area contributed by atoms with E-state index in [1.165, 1.54) is 0 Å². The Morgan fingerprint density at radius 3 is 2.46 bits per heavy atom. The standard InChI is InChI=1S/C9H11Cl2NO/c1-12-5-6-13-9-7(10)3-2-4-8(9)11/h2-4,12H,5-6H2,1H3. The van der Waals surface area contributed by atoms with Gasteiger partial charge in [0.1, 0.15) is 6.61 Å². The Balaban J connectivity index is 2.64. The van der Waals surface area contributed by atoms with Crippen LogP contribution in [0.2, 0.25) is 10.0 Å². The molecule has 0 spiro atoms. The number of benzene rings is 1. The highest BCUT2D eigenvalue weighted by atomic mass is 35.5. The smallest absolute Gasteiger partial charge is 0.156 e. The highest BCUT2D eigenvalue weighted by Gasteiger charge is 2.05. The topological polar surface area (TPSA) is 21.3 Å². The Morgan fingerprint density at radius 2 is 1.92 bits per heavy atom. The minimum absolute atomic E-state index is 0.545. The third-order valence-corrected chi connectivity index (χ3v) is 2.11. The summed E-state index contributed by atoms with van der Waals surface area (Å²) >= 11 is 11.8. The molecule has 0 aliphatic rings. The van der Waals surface area contributed by atoms with E-state index in [4.69, 9.17) is 27.9 Å². The van der Waals surface area contributed by atoms with E-state index in [1.54, 1.807) is 18.2 Å². The maximum Gasteiger partial charge on any atom is 0.156 e. The predicted molar refractivity (Wildman–Crippen MR) is 55.9 cm³/mol. The van der Waals surface area contributed by atoms with Crippen molar-refractivity contribution in [3.05, 3.63) is 28.2 Å². The third kappa shape index (κ3) is 3.07. The average molecular weight is 220 g/mol. The molecule has 72 valence electrons. The maximum atomic E-state index is 5.88. The minimum atomic E-state index is 0.545. The zero-order valence-corrected chi connectivity index (χ0v) is 8.82. The van der Waals surface area contributed by atoms with Crippen molar-refractivity contribution in [1.82, 2.24) is 5.32 Å². The quantitative estimate of drug-likeness (QED) is 0.787. The first-order valence-corrected chi connectivity index (χ1v) is 4.72. The zero-order valence-electron chi connectivity index (χ0n) is 7.31. The summed E-state index contributed by atoms with van der Waals surface area (Å²) in [6.07, 6.45) is 0. The second kappa shape index (κ2) is 5.32. The summed E-state index contributed by atoms with van der Waals surface area (Å²) in [4.78, 5) is 0. The van der Waals surface area contributed by atoms with E-state index in [9.17, 15) is 0 Å². The van der Waals surface area contributed by atoms with Crippen LogP contribution >= 0.6 is 23.2 Å². The van der Waals surface area contributed by atoms with Gasteiger partial charge in [-0.1, -0.05) is 29.3 Å². The number of ether oxygens (including phenoxy) is 1. The molecule has 1 N–H and O–H groups in total. The molecule has 1 aromatic carbocycles. The van der Waals surface area contributed by atoms with Crippen molar-refractivity contribution in [3.63, 3.8) is 0 Å². The number of para-hydroxylation sites is 1. The molecule has 0 bridgehead atoms. The summed E-state index contributed by atoms with van der Waals surface area (Å²) in [5.41, 5.74) is 0. The third-order valence-electron chi connectivity index (χ3n) is 1.52. The van der Waals surface area contributed by atoms with Crippen LogP contribution in [-0.2, 0) is 0 Å². The molecular weight excluding hydrogens is 209 g/mol. The predicted octanol–water partition coefficient (Wildman–Crippen LogP) is 2.59. The second-order valence-electron chi connectivity index (χ2n) is 2.50. The average Bonchev–Trinajstić information content (AvgIpc) is 2.10. The first-order chi connectivity index (χ1) is 6.25. The summed E-state index contributed by atoms with van der Waals surface area (Å²) in [7, 11) is 1.86. The van der Waals surface area contributed by atoms with Gasteiger partial charge < -0.3 is 10.1 Å². The van der Waals surface area contributed by atoms with Gasteiger partial charge in [-0.3, -0.25) is 0 Å². The fraction of sp³-hybridized carbons (Fsp3) is 0.333. The number of hydrogen-bond acceptors (Lipinski definition) is 2. The molecule has 0 radical (unpaired) electrons. The Bertz CT molecular complexity index is 258. The van der Waals surface area contributed by atoms with Gasteiger partial charge >= 0.3 is 0 Å². The van der Waals surface area contributed by atoms with Crippen LogP contribution in [0.1, 0.15) is 0 Å². The molecule has 1 rings (SSSR count). The zero-order chi connectivity index (χ0) is 9.68. The largest absolute Gasteiger partial charge is 0.489 e. The lowest BCUT2D eigenvalue weighted by Gasteiger charge is -2.08. The molecule has 2 nitrogen and oxygen atoms in total. The van der Waals surface area contributed by atoms with Crippen LogP contribution in [-0.4, -0.2) is 20.2 Å². The molecule has 0 unspecified atom stereocenters. The summed E-state index contributed by atoms with van der Waals surface area (Å²) in [5.74, 6) is 0.557. The number of nitrogens with one attached hydrogen (secondary N) is 1. The van der Waals surface area contributed by atoms with Crippen molar-refractivity contribution in [1.29, 1.82) is 0 Å². The molecule has 0 aliphatic carbocycles. The molecule has 0 aromatic heterocycles. The fourth-order valence-corrected chi connectivity index (χ4v) is 1.38. The van der Waals surface area contributed by atoms with E-state index < -0.39 is 0 Å². The van der Waals surface area contributed by atoms with Crippen LogP contribution in [0.3, 0.4) is 0 Å². The van der Waals surface area contributed by atoms with Crippen LogP contribution in [0.15, 0.2) is 18.2 Å². The molecule has 0 aliphatic heterocycles. The summed E-state index contributed by atoms with van der Waals surface area (Å²) in [6, 6.07) is 5.29. The van der Waals surface area contributed by atoms with Crippen LogP contribution < -0.4 is 10.1 Å². The summed E-state index contributed by atoms with van der Waals surface area (Å²) in [6.45, 7) is 1.32. The molecule has 0 saturated heterocycles. The van der Waals surface area contributed by atoms with E-state index in [2.05, 4.69) is 5.32 Å². The molecule has 1 aromatic rings. The Kier molecular flexibility index (Phi) is 4.36. The molecule has 0 saturated carbocycles. The highest BCUT2D eigenvalue weighted by molar-refractivity contribution is 6.37. The fourth-order valence-electron chi connectivity index (χ4n) is 0.876. The van der Waals surface area contributed by atoms with Gasteiger partial charge in [0.05, 0.1) is 10.0 Å². The second-order valence-corrected chi connectivity index (χ2v) is 3.32. The summed E-state index contributed by atoms with van der Waals surface area (Å²) < 4.78 is 5.38. The lowest BCUT2D eigenvalue weighted by atomic mass is 10.3. The van der Waals surface area contributed by atoms with E-state index >= 15 is 0 Å². The van der Waals surface area contributed by atoms with Gasteiger partial charge in [0.2, 0.25) is 0 Å². The maximum absolute atomic E-state index is 5.88. The van der Waals surface area contributed by atoms with Crippen molar-refractivity contribution in [2.45, 2.75) is 0 Å². The van der Waals surface area contributed by atoms with Gasteiger partial charge in [-0.05, 0) is 19.2 Å². The molecule has 13 heavy (non-hydrogen) atoms. The normalized spacial score (nSPS) is 10.1. The van der Waals surface area contributed by atoms with Crippen molar-refractivity contribution < 1.29 is 4.74 Å². The molecule has 4 heteroatoms. The van der Waals surface area contributed by atoms with Crippen molar-refractivity contribution >= 4 is 23.2 Å². The molecule has 0 amide bonds. The summed E-state index contributed by atoms with van der Waals surface area (Å²) in [5, 5.41) is 4.06. The SMILES string of the molecule is CNCCOc1c(Cl)cccc1Cl. The first kappa shape index (κ1) is 10.6. The highest BCUT2D eigenvalue weighted by Crippen LogP contribution is 2.31. The van der Waals surface area contributed by atoms with E-state index in [0.29, 0.717) is 22.4 Å². The van der Waals surface area contributed by atoms with Crippen molar-refractivity contribution in [2.75, 3.05) is 20.2 Å².